The molecular formula is C13H14O4. The van der Waals surface area contributed by atoms with Gasteiger partial charge in [-0.05, 0) is 18.6 Å². The van der Waals surface area contributed by atoms with Crippen LogP contribution in [0.25, 0.3) is 6.08 Å². The quantitative estimate of drug-likeness (QED) is 0.475. The third-order valence-corrected chi connectivity index (χ3v) is 2.07. The summed E-state index contributed by atoms with van der Waals surface area (Å²) in [6.07, 6.45) is 2.93. The summed E-state index contributed by atoms with van der Waals surface area (Å²) >= 11 is 0. The van der Waals surface area contributed by atoms with Gasteiger partial charge in [-0.15, -0.1) is 0 Å². The highest BCUT2D eigenvalue weighted by Crippen LogP contribution is 2.07. The monoisotopic (exact) mass is 234 g/mol. The molecule has 1 aromatic carbocycles. The van der Waals surface area contributed by atoms with E-state index in [1.807, 2.05) is 0 Å². The smallest absolute Gasteiger partial charge is 0.330 e. The average molecular weight is 234 g/mol. The Bertz CT molecular complexity index is 418. The molecule has 90 valence electrons. The van der Waals surface area contributed by atoms with Crippen molar-refractivity contribution >= 4 is 17.8 Å². The van der Waals surface area contributed by atoms with Gasteiger partial charge in [0.15, 0.2) is 5.78 Å². The van der Waals surface area contributed by atoms with E-state index in [-0.39, 0.29) is 5.78 Å². The number of esters is 1. The molecule has 0 amide bonds. The van der Waals surface area contributed by atoms with Crippen LogP contribution in [0.4, 0.5) is 0 Å². The molecule has 0 unspecified atom stereocenters. The molecule has 0 atom stereocenters. The van der Waals surface area contributed by atoms with Gasteiger partial charge in [0.05, 0.1) is 6.61 Å². The number of aliphatic hydroxyl groups is 1. The number of ether oxygens (including phenoxy) is 1. The Morgan fingerprint density at radius 1 is 1.29 bits per heavy atom. The molecule has 4 nitrogen and oxygen atoms in total. The van der Waals surface area contributed by atoms with E-state index in [0.29, 0.717) is 12.2 Å². The van der Waals surface area contributed by atoms with Crippen LogP contribution in [-0.4, -0.2) is 30.1 Å². The van der Waals surface area contributed by atoms with Crippen molar-refractivity contribution in [1.29, 1.82) is 0 Å². The molecular weight excluding hydrogens is 220 g/mol. The van der Waals surface area contributed by atoms with Gasteiger partial charge in [0.1, 0.15) is 6.61 Å². The van der Waals surface area contributed by atoms with E-state index in [4.69, 9.17) is 9.84 Å². The summed E-state index contributed by atoms with van der Waals surface area (Å²) in [7, 11) is 0. The van der Waals surface area contributed by atoms with E-state index in [1.54, 1.807) is 37.3 Å². The van der Waals surface area contributed by atoms with Gasteiger partial charge in [-0.2, -0.15) is 0 Å². The van der Waals surface area contributed by atoms with Gasteiger partial charge in [-0.1, -0.05) is 24.3 Å². The first kappa shape index (κ1) is 13.1. The second-order valence-electron chi connectivity index (χ2n) is 3.29. The van der Waals surface area contributed by atoms with E-state index in [2.05, 4.69) is 0 Å². The maximum atomic E-state index is 11.1. The highest BCUT2D eigenvalue weighted by Gasteiger charge is 2.02. The number of ketones is 1. The van der Waals surface area contributed by atoms with Crippen LogP contribution in [0.5, 0.6) is 0 Å². The summed E-state index contributed by atoms with van der Waals surface area (Å²) in [4.78, 5) is 22.2. The van der Waals surface area contributed by atoms with Crippen LogP contribution < -0.4 is 0 Å². The maximum absolute atomic E-state index is 11.1. The third-order valence-electron chi connectivity index (χ3n) is 2.07. The summed E-state index contributed by atoms with van der Waals surface area (Å²) in [6, 6.07) is 6.59. The predicted molar refractivity (Wildman–Crippen MR) is 63.5 cm³/mol. The lowest BCUT2D eigenvalue weighted by Crippen LogP contribution is -2.03. The largest absolute Gasteiger partial charge is 0.463 e. The van der Waals surface area contributed by atoms with Gasteiger partial charge in [-0.25, -0.2) is 4.79 Å². The molecule has 0 aliphatic heterocycles. The van der Waals surface area contributed by atoms with Crippen molar-refractivity contribution in [2.75, 3.05) is 13.2 Å². The van der Waals surface area contributed by atoms with Crippen molar-refractivity contribution in [1.82, 2.24) is 0 Å². The Balaban J connectivity index is 2.68. The predicted octanol–water partition coefficient (Wildman–Crippen LogP) is 1.44. The molecule has 1 aromatic rings. The molecule has 0 spiro atoms. The summed E-state index contributed by atoms with van der Waals surface area (Å²) in [5, 5.41) is 8.67. The lowest BCUT2D eigenvalue weighted by Gasteiger charge is -1.98. The first-order valence-electron chi connectivity index (χ1n) is 5.26. The Labute approximate surface area is 99.5 Å². The van der Waals surface area contributed by atoms with Gasteiger partial charge in [0.25, 0.3) is 0 Å². The molecule has 1 rings (SSSR count). The van der Waals surface area contributed by atoms with Crippen LogP contribution >= 0.6 is 0 Å². The third kappa shape index (κ3) is 4.20. The lowest BCUT2D eigenvalue weighted by molar-refractivity contribution is -0.137. The SMILES string of the molecule is CCOC(=O)/C=C/c1ccc(C(=O)CO)cc1. The molecule has 1 N–H and O–H groups in total. The van der Waals surface area contributed by atoms with Crippen molar-refractivity contribution in [2.45, 2.75) is 6.92 Å². The zero-order chi connectivity index (χ0) is 12.7. The molecule has 0 heterocycles. The van der Waals surface area contributed by atoms with Crippen molar-refractivity contribution in [3.63, 3.8) is 0 Å². The van der Waals surface area contributed by atoms with E-state index in [9.17, 15) is 9.59 Å². The van der Waals surface area contributed by atoms with Gasteiger partial charge in [0, 0.05) is 11.6 Å². The first-order chi connectivity index (χ1) is 8.17. The molecule has 0 fully saturated rings. The topological polar surface area (TPSA) is 63.6 Å². The zero-order valence-corrected chi connectivity index (χ0v) is 9.55. The fraction of sp³-hybridized carbons (Fsp3) is 0.231. The van der Waals surface area contributed by atoms with E-state index >= 15 is 0 Å². The number of carbonyl (C=O) groups is 2. The Kier molecular flexibility index (Phi) is 5.10. The summed E-state index contributed by atoms with van der Waals surface area (Å²) in [6.45, 7) is 1.58. The Morgan fingerprint density at radius 3 is 2.47 bits per heavy atom. The van der Waals surface area contributed by atoms with Crippen LogP contribution in [0.1, 0.15) is 22.8 Å². The molecule has 0 radical (unpaired) electrons. The fourth-order valence-electron chi connectivity index (χ4n) is 1.23. The van der Waals surface area contributed by atoms with E-state index in [1.165, 1.54) is 6.08 Å². The van der Waals surface area contributed by atoms with Gasteiger partial charge >= 0.3 is 5.97 Å². The number of aliphatic hydroxyl groups excluding tert-OH is 1. The Hall–Kier alpha value is -1.94. The molecule has 0 aliphatic rings. The van der Waals surface area contributed by atoms with Crippen LogP contribution in [-0.2, 0) is 9.53 Å². The van der Waals surface area contributed by atoms with Crippen LogP contribution in [0.15, 0.2) is 30.3 Å². The number of carbonyl (C=O) groups excluding carboxylic acids is 2. The fourth-order valence-corrected chi connectivity index (χ4v) is 1.23. The minimum absolute atomic E-state index is 0.328. The maximum Gasteiger partial charge on any atom is 0.330 e. The molecule has 4 heteroatoms. The standard InChI is InChI=1S/C13H14O4/c1-2-17-13(16)8-5-10-3-6-11(7-4-10)12(15)9-14/h3-8,14H,2,9H2,1H3/b8-5+. The summed E-state index contributed by atoms with van der Waals surface area (Å²) in [5.74, 6) is -0.728. The van der Waals surface area contributed by atoms with Gasteiger partial charge in [-0.3, -0.25) is 4.79 Å². The van der Waals surface area contributed by atoms with Crippen LogP contribution in [0.2, 0.25) is 0 Å². The summed E-state index contributed by atoms with van der Waals surface area (Å²) < 4.78 is 4.73. The number of rotatable bonds is 5. The first-order valence-corrected chi connectivity index (χ1v) is 5.26. The van der Waals surface area contributed by atoms with Crippen molar-refractivity contribution in [2.24, 2.45) is 0 Å². The van der Waals surface area contributed by atoms with E-state index in [0.717, 1.165) is 5.56 Å². The van der Waals surface area contributed by atoms with Crippen LogP contribution in [0, 0.1) is 0 Å². The molecule has 0 bridgehead atoms. The second kappa shape index (κ2) is 6.60. The molecule has 0 aromatic heterocycles. The number of benzene rings is 1. The second-order valence-corrected chi connectivity index (χ2v) is 3.29. The average Bonchev–Trinajstić information content (AvgIpc) is 2.36. The number of hydrogen-bond acceptors (Lipinski definition) is 4. The molecule has 17 heavy (non-hydrogen) atoms. The normalized spacial score (nSPS) is 10.5. The minimum atomic E-state index is -0.502. The van der Waals surface area contributed by atoms with Crippen LogP contribution in [0.3, 0.4) is 0 Å². The van der Waals surface area contributed by atoms with Crippen molar-refractivity contribution in [3.05, 3.63) is 41.5 Å². The highest BCUT2D eigenvalue weighted by molar-refractivity contribution is 5.97. The zero-order valence-electron chi connectivity index (χ0n) is 9.55. The van der Waals surface area contributed by atoms with Crippen molar-refractivity contribution < 1.29 is 19.4 Å². The number of Topliss-reactive ketones (excluding diaryl/α,β-unsaturated/α-hetero) is 1. The molecule has 0 aliphatic carbocycles. The highest BCUT2D eigenvalue weighted by atomic mass is 16.5. The molecule has 0 saturated heterocycles. The summed E-state index contributed by atoms with van der Waals surface area (Å²) in [5.41, 5.74) is 1.23. The number of hydrogen-bond donors (Lipinski definition) is 1. The van der Waals surface area contributed by atoms with E-state index < -0.39 is 12.6 Å². The van der Waals surface area contributed by atoms with Gasteiger partial charge < -0.3 is 9.84 Å². The lowest BCUT2D eigenvalue weighted by atomic mass is 10.1. The van der Waals surface area contributed by atoms with Gasteiger partial charge in [0.2, 0.25) is 0 Å². The van der Waals surface area contributed by atoms with Crippen molar-refractivity contribution in [3.8, 4) is 0 Å². The molecule has 0 saturated carbocycles. The minimum Gasteiger partial charge on any atom is -0.463 e. The Morgan fingerprint density at radius 2 is 1.94 bits per heavy atom.